The Hall–Kier alpha value is -1.65. The van der Waals surface area contributed by atoms with Crippen LogP contribution in [0.2, 0.25) is 0 Å². The third kappa shape index (κ3) is 5.57. The average molecular weight is 584 g/mol. The topological polar surface area (TPSA) is 26.3 Å². The SMILES string of the molecule is CCC1CCC(CC(=O)OCC(F)(F)C(F)(F)C(F)(F)C(F)(F)C(F)(F)C(F)(F)C(F)(F)C(F)F)CC1. The van der Waals surface area contributed by atoms with Gasteiger partial charge in [-0.3, -0.25) is 4.79 Å². The molecule has 0 aromatic carbocycles. The van der Waals surface area contributed by atoms with Gasteiger partial charge in [-0.25, -0.2) is 8.78 Å². The lowest BCUT2D eigenvalue weighted by atomic mass is 9.79. The molecule has 0 heterocycles. The van der Waals surface area contributed by atoms with Crippen molar-refractivity contribution in [2.24, 2.45) is 11.8 Å². The summed E-state index contributed by atoms with van der Waals surface area (Å²) >= 11 is 0. The van der Waals surface area contributed by atoms with Gasteiger partial charge in [0.15, 0.2) is 6.61 Å². The standard InChI is InChI=1S/C19H20F16O2/c1-2-9-3-5-10(6-4-9)7-11(36)37-8-13(22,23)15(26,27)17(30,31)19(34,35)18(32,33)16(28,29)14(24,25)12(20)21/h9-10,12H,2-8H2,1H3. The molecule has 0 spiro atoms. The number of carbonyl (C=O) groups excluding carboxylic acids is 1. The molecule has 0 atom stereocenters. The summed E-state index contributed by atoms with van der Waals surface area (Å²) in [6, 6.07) is 0. The fraction of sp³-hybridized carbons (Fsp3) is 0.947. The molecular weight excluding hydrogens is 564 g/mol. The van der Waals surface area contributed by atoms with Gasteiger partial charge in [-0.15, -0.1) is 0 Å². The van der Waals surface area contributed by atoms with Gasteiger partial charge in [0, 0.05) is 6.42 Å². The molecule has 220 valence electrons. The molecule has 0 aromatic rings. The number of hydrogen-bond donors (Lipinski definition) is 0. The lowest BCUT2D eigenvalue weighted by Crippen LogP contribution is -2.74. The van der Waals surface area contributed by atoms with Crippen LogP contribution in [0.3, 0.4) is 0 Å². The van der Waals surface area contributed by atoms with E-state index in [9.17, 15) is 75.0 Å². The Morgan fingerprint density at radius 3 is 1.46 bits per heavy atom. The Morgan fingerprint density at radius 2 is 1.05 bits per heavy atom. The van der Waals surface area contributed by atoms with Crippen molar-refractivity contribution in [2.75, 3.05) is 6.61 Å². The molecule has 0 N–H and O–H groups in total. The molecule has 0 aromatic heterocycles. The van der Waals surface area contributed by atoms with E-state index >= 15 is 0 Å². The molecule has 1 aliphatic rings. The molecular formula is C19H20F16O2. The predicted molar refractivity (Wildman–Crippen MR) is 91.9 cm³/mol. The summed E-state index contributed by atoms with van der Waals surface area (Å²) in [6.45, 7) is -1.26. The minimum atomic E-state index is -8.46. The second-order valence-corrected chi connectivity index (χ2v) is 8.66. The highest BCUT2D eigenvalue weighted by molar-refractivity contribution is 5.69. The number of hydrogen-bond acceptors (Lipinski definition) is 2. The zero-order chi connectivity index (χ0) is 29.5. The highest BCUT2D eigenvalue weighted by Gasteiger charge is 2.93. The van der Waals surface area contributed by atoms with Crippen molar-refractivity contribution < 1.29 is 79.8 Å². The molecule has 0 saturated heterocycles. The van der Waals surface area contributed by atoms with Gasteiger partial charge in [0.1, 0.15) is 0 Å². The van der Waals surface area contributed by atoms with Gasteiger partial charge < -0.3 is 4.74 Å². The van der Waals surface area contributed by atoms with Gasteiger partial charge in [-0.1, -0.05) is 26.2 Å². The Bertz CT molecular complexity index is 787. The van der Waals surface area contributed by atoms with Crippen LogP contribution in [0.5, 0.6) is 0 Å². The van der Waals surface area contributed by atoms with E-state index in [0.717, 1.165) is 6.42 Å². The van der Waals surface area contributed by atoms with Crippen LogP contribution in [0.15, 0.2) is 0 Å². The number of esters is 1. The van der Waals surface area contributed by atoms with Crippen LogP contribution in [0.4, 0.5) is 70.2 Å². The second-order valence-electron chi connectivity index (χ2n) is 8.66. The monoisotopic (exact) mass is 584 g/mol. The maximum absolute atomic E-state index is 13.8. The molecule has 0 bridgehead atoms. The Morgan fingerprint density at radius 1 is 0.676 bits per heavy atom. The first-order chi connectivity index (χ1) is 16.3. The first-order valence-corrected chi connectivity index (χ1v) is 10.4. The quantitative estimate of drug-likeness (QED) is 0.173. The number of carbonyl (C=O) groups is 1. The first kappa shape index (κ1) is 33.4. The third-order valence-corrected chi connectivity index (χ3v) is 6.14. The van der Waals surface area contributed by atoms with Crippen molar-refractivity contribution in [3.05, 3.63) is 0 Å². The van der Waals surface area contributed by atoms with Gasteiger partial charge in [-0.05, 0) is 24.7 Å². The van der Waals surface area contributed by atoms with Crippen molar-refractivity contribution in [2.45, 2.75) is 93.3 Å². The van der Waals surface area contributed by atoms with Crippen LogP contribution < -0.4 is 0 Å². The second kappa shape index (κ2) is 10.5. The molecule has 18 heteroatoms. The van der Waals surface area contributed by atoms with Crippen molar-refractivity contribution >= 4 is 5.97 Å². The minimum Gasteiger partial charge on any atom is -0.459 e. The van der Waals surface area contributed by atoms with E-state index in [1.54, 1.807) is 0 Å². The average Bonchev–Trinajstić information content (AvgIpc) is 2.77. The van der Waals surface area contributed by atoms with E-state index in [4.69, 9.17) is 0 Å². The molecule has 1 saturated carbocycles. The zero-order valence-electron chi connectivity index (χ0n) is 18.5. The normalized spacial score (nSPS) is 21.4. The summed E-state index contributed by atoms with van der Waals surface area (Å²) in [5.41, 5.74) is 0. The van der Waals surface area contributed by atoms with Crippen molar-refractivity contribution in [3.63, 3.8) is 0 Å². The van der Waals surface area contributed by atoms with Crippen LogP contribution in [0.25, 0.3) is 0 Å². The Labute approximate surface area is 198 Å². The van der Waals surface area contributed by atoms with Crippen LogP contribution in [0.1, 0.15) is 45.4 Å². The van der Waals surface area contributed by atoms with Crippen LogP contribution in [-0.4, -0.2) is 60.5 Å². The fourth-order valence-electron chi connectivity index (χ4n) is 3.57. The van der Waals surface area contributed by atoms with Crippen molar-refractivity contribution in [1.82, 2.24) is 0 Å². The summed E-state index contributed by atoms with van der Waals surface area (Å²) in [6.07, 6.45) is -3.91. The van der Waals surface area contributed by atoms with E-state index < -0.39 is 72.8 Å². The first-order valence-electron chi connectivity index (χ1n) is 10.4. The predicted octanol–water partition coefficient (Wildman–Crippen LogP) is 7.85. The minimum absolute atomic E-state index is 0.283. The van der Waals surface area contributed by atoms with Crippen LogP contribution in [-0.2, 0) is 9.53 Å². The number of alkyl halides is 16. The largest absolute Gasteiger partial charge is 0.459 e. The molecule has 1 rings (SSSR count). The van der Waals surface area contributed by atoms with Crippen LogP contribution >= 0.6 is 0 Å². The summed E-state index contributed by atoms with van der Waals surface area (Å²) < 4.78 is 216. The highest BCUT2D eigenvalue weighted by Crippen LogP contribution is 2.62. The number of halogens is 16. The lowest BCUT2D eigenvalue weighted by Gasteiger charge is -2.42. The third-order valence-electron chi connectivity index (χ3n) is 6.14. The number of rotatable bonds is 12. The summed E-state index contributed by atoms with van der Waals surface area (Å²) in [4.78, 5) is 11.6. The molecule has 0 radical (unpaired) electrons. The summed E-state index contributed by atoms with van der Waals surface area (Å²) in [7, 11) is 0. The van der Waals surface area contributed by atoms with E-state index in [2.05, 4.69) is 4.74 Å². The van der Waals surface area contributed by atoms with Gasteiger partial charge in [0.05, 0.1) is 0 Å². The van der Waals surface area contributed by atoms with E-state index in [0.29, 0.717) is 25.7 Å². The molecule has 1 aliphatic carbocycles. The highest BCUT2D eigenvalue weighted by atomic mass is 19.4. The van der Waals surface area contributed by atoms with Crippen molar-refractivity contribution in [1.29, 1.82) is 0 Å². The maximum atomic E-state index is 13.8. The molecule has 0 amide bonds. The van der Waals surface area contributed by atoms with Crippen LogP contribution in [0, 0.1) is 11.8 Å². The number of ether oxygens (including phenoxy) is 1. The summed E-state index contributed by atoms with van der Waals surface area (Å²) in [5.74, 6) is -57.1. The molecule has 0 unspecified atom stereocenters. The van der Waals surface area contributed by atoms with Crippen molar-refractivity contribution in [3.8, 4) is 0 Å². The van der Waals surface area contributed by atoms with Gasteiger partial charge in [0.2, 0.25) is 0 Å². The summed E-state index contributed by atoms with van der Waals surface area (Å²) in [5, 5.41) is 0. The van der Waals surface area contributed by atoms with E-state index in [-0.39, 0.29) is 5.92 Å². The fourth-order valence-corrected chi connectivity index (χ4v) is 3.57. The molecule has 1 fully saturated rings. The maximum Gasteiger partial charge on any atom is 0.385 e. The Balaban J connectivity index is 3.13. The lowest BCUT2D eigenvalue weighted by molar-refractivity contribution is -0.447. The van der Waals surface area contributed by atoms with E-state index in [1.165, 1.54) is 0 Å². The van der Waals surface area contributed by atoms with E-state index in [1.807, 2.05) is 6.92 Å². The van der Waals surface area contributed by atoms with Gasteiger partial charge >= 0.3 is 53.9 Å². The smallest absolute Gasteiger partial charge is 0.385 e. The molecule has 2 nitrogen and oxygen atoms in total. The van der Waals surface area contributed by atoms with Gasteiger partial charge in [-0.2, -0.15) is 61.5 Å². The zero-order valence-corrected chi connectivity index (χ0v) is 18.5. The molecule has 37 heavy (non-hydrogen) atoms. The van der Waals surface area contributed by atoms with Gasteiger partial charge in [0.25, 0.3) is 0 Å². The Kier molecular flexibility index (Phi) is 9.46. The molecule has 0 aliphatic heterocycles.